The lowest BCUT2D eigenvalue weighted by molar-refractivity contribution is 0.294. The largest absolute Gasteiger partial charge is 0.471 e. The summed E-state index contributed by atoms with van der Waals surface area (Å²) in [5, 5.41) is 13.9. The van der Waals surface area contributed by atoms with Crippen LogP contribution >= 0.6 is 11.3 Å². The summed E-state index contributed by atoms with van der Waals surface area (Å²) in [4.78, 5) is 5.40. The first-order valence-electron chi connectivity index (χ1n) is 5.73. The van der Waals surface area contributed by atoms with Crippen molar-refractivity contribution in [3.8, 4) is 5.88 Å². The summed E-state index contributed by atoms with van der Waals surface area (Å²) < 4.78 is 5.69. The average Bonchev–Trinajstić information content (AvgIpc) is 2.88. The second-order valence-electron chi connectivity index (χ2n) is 4.11. The van der Waals surface area contributed by atoms with E-state index in [0.717, 1.165) is 16.1 Å². The Bertz CT molecular complexity index is 594. The highest BCUT2D eigenvalue weighted by Crippen LogP contribution is 2.22. The van der Waals surface area contributed by atoms with Gasteiger partial charge in [0.2, 0.25) is 5.88 Å². The van der Waals surface area contributed by atoms with Crippen molar-refractivity contribution in [2.24, 2.45) is 10.9 Å². The molecule has 2 rings (SSSR count). The van der Waals surface area contributed by atoms with E-state index < -0.39 is 0 Å². The summed E-state index contributed by atoms with van der Waals surface area (Å²) in [6.07, 6.45) is 0. The molecule has 3 N–H and O–H groups in total. The quantitative estimate of drug-likeness (QED) is 0.389. The van der Waals surface area contributed by atoms with E-state index in [2.05, 4.69) is 10.1 Å². The predicted octanol–water partition coefficient (Wildman–Crippen LogP) is 2.43. The van der Waals surface area contributed by atoms with Crippen molar-refractivity contribution in [1.82, 2.24) is 4.98 Å². The summed E-state index contributed by atoms with van der Waals surface area (Å²) in [7, 11) is 0. The van der Waals surface area contributed by atoms with Crippen LogP contribution in [0, 0.1) is 13.8 Å². The lowest BCUT2D eigenvalue weighted by Crippen LogP contribution is -2.17. The monoisotopic (exact) mass is 277 g/mol. The van der Waals surface area contributed by atoms with Gasteiger partial charge in [-0.05, 0) is 36.9 Å². The number of aromatic nitrogens is 1. The molecule has 0 radical (unpaired) electrons. The smallest absolute Gasteiger partial charge is 0.225 e. The zero-order valence-corrected chi connectivity index (χ0v) is 11.6. The third-order valence-corrected chi connectivity index (χ3v) is 3.46. The first kappa shape index (κ1) is 13.4. The standard InChI is InChI=1S/C13H15N3O2S/c1-8-6-9(2)15-13(11(8)12(14)16-17)18-7-10-4-3-5-19-10/h3-6,17H,7H2,1-2H3,(H2,14,16). The van der Waals surface area contributed by atoms with Gasteiger partial charge in [-0.1, -0.05) is 11.2 Å². The first-order valence-corrected chi connectivity index (χ1v) is 6.61. The number of rotatable bonds is 4. The van der Waals surface area contributed by atoms with Gasteiger partial charge >= 0.3 is 0 Å². The van der Waals surface area contributed by atoms with Gasteiger partial charge in [0.15, 0.2) is 5.84 Å². The Balaban J connectivity index is 2.32. The second kappa shape index (κ2) is 5.71. The zero-order chi connectivity index (χ0) is 13.8. The number of hydrogen-bond acceptors (Lipinski definition) is 5. The van der Waals surface area contributed by atoms with Crippen molar-refractivity contribution in [2.45, 2.75) is 20.5 Å². The topological polar surface area (TPSA) is 80.7 Å². The molecule has 100 valence electrons. The van der Waals surface area contributed by atoms with Crippen LogP contribution in [0.3, 0.4) is 0 Å². The molecule has 0 bridgehead atoms. The fraction of sp³-hybridized carbons (Fsp3) is 0.231. The molecule has 0 spiro atoms. The van der Waals surface area contributed by atoms with Crippen molar-refractivity contribution < 1.29 is 9.94 Å². The maximum Gasteiger partial charge on any atom is 0.225 e. The zero-order valence-electron chi connectivity index (χ0n) is 10.8. The Morgan fingerprint density at radius 3 is 2.95 bits per heavy atom. The number of hydrogen-bond donors (Lipinski definition) is 2. The van der Waals surface area contributed by atoms with Crippen LogP contribution in [0.25, 0.3) is 0 Å². The molecule has 2 aromatic heterocycles. The average molecular weight is 277 g/mol. The van der Waals surface area contributed by atoms with Gasteiger partial charge in [0, 0.05) is 10.6 Å². The predicted molar refractivity (Wildman–Crippen MR) is 74.9 cm³/mol. The Hall–Kier alpha value is -2.08. The van der Waals surface area contributed by atoms with Gasteiger partial charge in [-0.15, -0.1) is 11.3 Å². The highest BCUT2D eigenvalue weighted by atomic mass is 32.1. The SMILES string of the molecule is Cc1cc(C)c(/C(N)=N/O)c(OCc2cccs2)n1. The molecular formula is C13H15N3O2S. The molecule has 2 heterocycles. The van der Waals surface area contributed by atoms with Crippen LogP contribution in [0.15, 0.2) is 28.7 Å². The number of oxime groups is 1. The van der Waals surface area contributed by atoms with Gasteiger partial charge in [-0.2, -0.15) is 0 Å². The Labute approximate surface area is 115 Å². The normalized spacial score (nSPS) is 11.6. The third-order valence-electron chi connectivity index (χ3n) is 2.61. The molecule has 0 aliphatic heterocycles. The number of pyridine rings is 1. The summed E-state index contributed by atoms with van der Waals surface area (Å²) in [6.45, 7) is 4.17. The van der Waals surface area contributed by atoms with Gasteiger partial charge in [0.1, 0.15) is 6.61 Å². The summed E-state index contributed by atoms with van der Waals surface area (Å²) >= 11 is 1.61. The Morgan fingerprint density at radius 2 is 2.32 bits per heavy atom. The molecular weight excluding hydrogens is 262 g/mol. The lowest BCUT2D eigenvalue weighted by Gasteiger charge is -2.12. The molecule has 5 nitrogen and oxygen atoms in total. The van der Waals surface area contributed by atoms with Crippen LogP contribution in [0.4, 0.5) is 0 Å². The second-order valence-corrected chi connectivity index (χ2v) is 5.15. The molecule has 0 aromatic carbocycles. The minimum absolute atomic E-state index is 0.00572. The summed E-state index contributed by atoms with van der Waals surface area (Å²) in [6, 6.07) is 5.81. The molecule has 0 aliphatic rings. The number of ether oxygens (including phenoxy) is 1. The first-order chi connectivity index (χ1) is 9.11. The molecule has 0 aliphatic carbocycles. The molecule has 0 saturated heterocycles. The van der Waals surface area contributed by atoms with Crippen molar-refractivity contribution in [3.05, 3.63) is 45.3 Å². The molecule has 0 saturated carbocycles. The van der Waals surface area contributed by atoms with E-state index in [-0.39, 0.29) is 5.84 Å². The highest BCUT2D eigenvalue weighted by molar-refractivity contribution is 7.09. The number of nitrogens with zero attached hydrogens (tertiary/aromatic N) is 2. The van der Waals surface area contributed by atoms with Crippen molar-refractivity contribution in [2.75, 3.05) is 0 Å². The molecule has 0 fully saturated rings. The summed E-state index contributed by atoms with van der Waals surface area (Å²) in [5.41, 5.74) is 7.90. The lowest BCUT2D eigenvalue weighted by atomic mass is 10.1. The van der Waals surface area contributed by atoms with Crippen molar-refractivity contribution >= 4 is 17.2 Å². The Kier molecular flexibility index (Phi) is 4.01. The molecule has 2 aromatic rings. The van der Waals surface area contributed by atoms with Gasteiger partial charge in [0.05, 0.1) is 5.56 Å². The molecule has 0 atom stereocenters. The van der Waals surface area contributed by atoms with Crippen LogP contribution in [0.5, 0.6) is 5.88 Å². The van der Waals surface area contributed by atoms with E-state index in [4.69, 9.17) is 15.7 Å². The van der Waals surface area contributed by atoms with E-state index in [1.807, 2.05) is 37.4 Å². The van der Waals surface area contributed by atoms with Crippen molar-refractivity contribution in [3.63, 3.8) is 0 Å². The van der Waals surface area contributed by atoms with Crippen LogP contribution < -0.4 is 10.5 Å². The molecule has 6 heteroatoms. The maximum atomic E-state index is 8.84. The fourth-order valence-corrected chi connectivity index (χ4v) is 2.42. The third kappa shape index (κ3) is 3.03. The number of aryl methyl sites for hydroxylation is 2. The highest BCUT2D eigenvalue weighted by Gasteiger charge is 2.14. The number of amidine groups is 1. The van der Waals surface area contributed by atoms with Crippen LogP contribution in [-0.4, -0.2) is 16.0 Å². The van der Waals surface area contributed by atoms with Gasteiger partial charge < -0.3 is 15.7 Å². The summed E-state index contributed by atoms with van der Waals surface area (Å²) in [5.74, 6) is 0.396. The minimum Gasteiger partial charge on any atom is -0.471 e. The minimum atomic E-state index is 0.00572. The van der Waals surface area contributed by atoms with E-state index in [1.54, 1.807) is 11.3 Å². The van der Waals surface area contributed by atoms with Gasteiger partial charge in [-0.3, -0.25) is 0 Å². The van der Waals surface area contributed by atoms with Crippen LogP contribution in [0.2, 0.25) is 0 Å². The van der Waals surface area contributed by atoms with E-state index in [9.17, 15) is 0 Å². The molecule has 19 heavy (non-hydrogen) atoms. The fourth-order valence-electron chi connectivity index (χ4n) is 1.80. The van der Waals surface area contributed by atoms with Crippen molar-refractivity contribution in [1.29, 1.82) is 0 Å². The van der Waals surface area contributed by atoms with E-state index >= 15 is 0 Å². The maximum absolute atomic E-state index is 8.84. The molecule has 0 amide bonds. The van der Waals surface area contributed by atoms with E-state index in [0.29, 0.717) is 18.1 Å². The van der Waals surface area contributed by atoms with Gasteiger partial charge in [-0.25, -0.2) is 4.98 Å². The van der Waals surface area contributed by atoms with Crippen LogP contribution in [0.1, 0.15) is 21.7 Å². The number of thiophene rings is 1. The molecule has 0 unspecified atom stereocenters. The van der Waals surface area contributed by atoms with E-state index in [1.165, 1.54) is 0 Å². The van der Waals surface area contributed by atoms with Gasteiger partial charge in [0.25, 0.3) is 0 Å². The Morgan fingerprint density at radius 1 is 1.53 bits per heavy atom. The van der Waals surface area contributed by atoms with Crippen LogP contribution in [-0.2, 0) is 6.61 Å². The number of nitrogens with two attached hydrogens (primary N) is 1.